The number of amides is 2. The zero-order valence-electron chi connectivity index (χ0n) is 10.9. The maximum absolute atomic E-state index is 11.8. The first-order chi connectivity index (χ1) is 9.38. The van der Waals surface area contributed by atoms with Gasteiger partial charge in [0, 0.05) is 37.0 Å². The van der Waals surface area contributed by atoms with Crippen LogP contribution in [0.4, 0.5) is 11.4 Å². The molecular weight excluding hydrogens is 264 g/mol. The summed E-state index contributed by atoms with van der Waals surface area (Å²) in [6.07, 6.45) is 0. The van der Waals surface area contributed by atoms with Gasteiger partial charge in [-0.25, -0.2) is 0 Å². The molecule has 8 nitrogen and oxygen atoms in total. The lowest BCUT2D eigenvalue weighted by atomic mass is 10.1. The van der Waals surface area contributed by atoms with E-state index in [2.05, 4.69) is 0 Å². The van der Waals surface area contributed by atoms with Crippen LogP contribution in [0.15, 0.2) is 18.2 Å². The first-order valence-electron chi connectivity index (χ1n) is 5.93. The molecule has 1 fully saturated rings. The number of nitrogens with zero attached hydrogens (tertiary/aromatic N) is 3. The van der Waals surface area contributed by atoms with Crippen LogP contribution in [-0.4, -0.2) is 46.7 Å². The number of hydrogen-bond acceptors (Lipinski definition) is 5. The number of carbonyl (C=O) groups is 2. The SMILES string of the molecule is CN1CC(=O)N(Cc2cc([N+](=O)[O-])ccc2N)CC1=O. The Morgan fingerprint density at radius 2 is 2.00 bits per heavy atom. The van der Waals surface area contributed by atoms with Crippen LogP contribution in [0.2, 0.25) is 0 Å². The highest BCUT2D eigenvalue weighted by molar-refractivity contribution is 5.92. The molecule has 1 aliphatic rings. The average molecular weight is 278 g/mol. The van der Waals surface area contributed by atoms with Gasteiger partial charge < -0.3 is 15.5 Å². The molecular formula is C12H14N4O4. The Morgan fingerprint density at radius 1 is 1.30 bits per heavy atom. The minimum atomic E-state index is -0.528. The zero-order valence-corrected chi connectivity index (χ0v) is 10.9. The second-order valence-electron chi connectivity index (χ2n) is 4.64. The van der Waals surface area contributed by atoms with E-state index in [1.807, 2.05) is 0 Å². The molecule has 1 aromatic rings. The molecule has 1 heterocycles. The average Bonchev–Trinajstić information content (AvgIpc) is 2.38. The van der Waals surface area contributed by atoms with Crippen molar-refractivity contribution in [1.29, 1.82) is 0 Å². The molecule has 0 spiro atoms. The predicted molar refractivity (Wildman–Crippen MR) is 70.6 cm³/mol. The van der Waals surface area contributed by atoms with Gasteiger partial charge >= 0.3 is 0 Å². The first kappa shape index (κ1) is 13.8. The van der Waals surface area contributed by atoms with Gasteiger partial charge in [0.05, 0.1) is 11.5 Å². The smallest absolute Gasteiger partial charge is 0.269 e. The van der Waals surface area contributed by atoms with Crippen molar-refractivity contribution in [2.24, 2.45) is 0 Å². The van der Waals surface area contributed by atoms with Gasteiger partial charge in [-0.3, -0.25) is 19.7 Å². The zero-order chi connectivity index (χ0) is 14.9. The van der Waals surface area contributed by atoms with Gasteiger partial charge in [0.1, 0.15) is 6.54 Å². The summed E-state index contributed by atoms with van der Waals surface area (Å²) < 4.78 is 0. The number of nitrogens with two attached hydrogens (primary N) is 1. The normalized spacial score (nSPS) is 15.7. The molecule has 0 saturated carbocycles. The summed E-state index contributed by atoms with van der Waals surface area (Å²) in [7, 11) is 1.55. The summed E-state index contributed by atoms with van der Waals surface area (Å²) in [4.78, 5) is 36.3. The third-order valence-corrected chi connectivity index (χ3v) is 3.18. The second kappa shape index (κ2) is 5.16. The second-order valence-corrected chi connectivity index (χ2v) is 4.64. The van der Waals surface area contributed by atoms with E-state index in [1.165, 1.54) is 28.0 Å². The van der Waals surface area contributed by atoms with E-state index in [4.69, 9.17) is 5.73 Å². The minimum Gasteiger partial charge on any atom is -0.398 e. The van der Waals surface area contributed by atoms with E-state index < -0.39 is 4.92 Å². The molecule has 0 unspecified atom stereocenters. The van der Waals surface area contributed by atoms with Crippen LogP contribution in [0.3, 0.4) is 0 Å². The molecule has 0 atom stereocenters. The minimum absolute atomic E-state index is 0.00760. The fourth-order valence-corrected chi connectivity index (χ4v) is 1.96. The maximum atomic E-state index is 11.8. The molecule has 8 heteroatoms. The number of piperazine rings is 1. The number of nitrogen functional groups attached to an aromatic ring is 1. The summed E-state index contributed by atoms with van der Waals surface area (Å²) in [5.41, 5.74) is 6.48. The number of anilines is 1. The van der Waals surface area contributed by atoms with Gasteiger partial charge in [-0.05, 0) is 6.07 Å². The number of non-ortho nitro benzene ring substituents is 1. The monoisotopic (exact) mass is 278 g/mol. The van der Waals surface area contributed by atoms with Crippen LogP contribution < -0.4 is 5.73 Å². The molecule has 20 heavy (non-hydrogen) atoms. The van der Waals surface area contributed by atoms with Crippen molar-refractivity contribution >= 4 is 23.2 Å². The van der Waals surface area contributed by atoms with Gasteiger partial charge in [-0.2, -0.15) is 0 Å². The topological polar surface area (TPSA) is 110 Å². The maximum Gasteiger partial charge on any atom is 0.269 e. The lowest BCUT2D eigenvalue weighted by Crippen LogP contribution is -2.51. The highest BCUT2D eigenvalue weighted by Crippen LogP contribution is 2.21. The largest absolute Gasteiger partial charge is 0.398 e. The molecule has 0 bridgehead atoms. The summed E-state index contributed by atoms with van der Waals surface area (Å²) in [5.74, 6) is -0.383. The molecule has 2 amide bonds. The number of likely N-dealkylation sites (N-methyl/N-ethyl adjacent to an activating group) is 1. The van der Waals surface area contributed by atoms with E-state index in [0.717, 1.165) is 0 Å². The van der Waals surface area contributed by atoms with E-state index in [-0.39, 0.29) is 37.1 Å². The van der Waals surface area contributed by atoms with E-state index in [1.54, 1.807) is 7.05 Å². The van der Waals surface area contributed by atoms with E-state index in [0.29, 0.717) is 11.3 Å². The number of rotatable bonds is 3. The highest BCUT2D eigenvalue weighted by Gasteiger charge is 2.28. The van der Waals surface area contributed by atoms with Gasteiger partial charge in [-0.15, -0.1) is 0 Å². The van der Waals surface area contributed by atoms with Gasteiger partial charge in [0.2, 0.25) is 11.8 Å². The predicted octanol–water partition coefficient (Wildman–Crippen LogP) is -0.0224. The van der Waals surface area contributed by atoms with Crippen molar-refractivity contribution in [1.82, 2.24) is 9.80 Å². The standard InChI is InChI=1S/C12H14N4O4/c1-14-6-12(18)15(7-11(14)17)5-8-4-9(16(19)20)2-3-10(8)13/h2-4H,5-7,13H2,1H3. The van der Waals surface area contributed by atoms with Gasteiger partial charge in [0.25, 0.3) is 5.69 Å². The molecule has 2 rings (SSSR count). The van der Waals surface area contributed by atoms with Crippen molar-refractivity contribution in [3.63, 3.8) is 0 Å². The molecule has 0 aromatic heterocycles. The van der Waals surface area contributed by atoms with Gasteiger partial charge in [-0.1, -0.05) is 0 Å². The Morgan fingerprint density at radius 3 is 2.65 bits per heavy atom. The molecule has 1 saturated heterocycles. The third kappa shape index (κ3) is 2.68. The van der Waals surface area contributed by atoms with Crippen molar-refractivity contribution in [2.75, 3.05) is 25.9 Å². The van der Waals surface area contributed by atoms with E-state index in [9.17, 15) is 19.7 Å². The van der Waals surface area contributed by atoms with Crippen LogP contribution in [0, 0.1) is 10.1 Å². The summed E-state index contributed by atoms with van der Waals surface area (Å²) >= 11 is 0. The Hall–Kier alpha value is -2.64. The first-order valence-corrected chi connectivity index (χ1v) is 5.93. The molecule has 2 N–H and O–H groups in total. The molecule has 106 valence electrons. The molecule has 0 aliphatic carbocycles. The lowest BCUT2D eigenvalue weighted by Gasteiger charge is -2.31. The summed E-state index contributed by atoms with van der Waals surface area (Å²) in [6.45, 7) is 0.0526. The van der Waals surface area contributed by atoms with Crippen LogP contribution in [0.5, 0.6) is 0 Å². The number of carbonyl (C=O) groups excluding carboxylic acids is 2. The summed E-state index contributed by atoms with van der Waals surface area (Å²) in [5, 5.41) is 10.7. The Balaban J connectivity index is 2.21. The third-order valence-electron chi connectivity index (χ3n) is 3.18. The lowest BCUT2D eigenvalue weighted by molar-refractivity contribution is -0.384. The number of nitro benzene ring substituents is 1. The summed E-state index contributed by atoms with van der Waals surface area (Å²) in [6, 6.07) is 4.05. The van der Waals surface area contributed by atoms with Crippen LogP contribution >= 0.6 is 0 Å². The number of benzene rings is 1. The van der Waals surface area contributed by atoms with Crippen molar-refractivity contribution in [3.8, 4) is 0 Å². The van der Waals surface area contributed by atoms with E-state index >= 15 is 0 Å². The Labute approximate surface area is 114 Å². The Kier molecular flexibility index (Phi) is 3.55. The molecule has 0 radical (unpaired) electrons. The highest BCUT2D eigenvalue weighted by atomic mass is 16.6. The van der Waals surface area contributed by atoms with Gasteiger partial charge in [0.15, 0.2) is 0 Å². The van der Waals surface area contributed by atoms with Crippen LogP contribution in [-0.2, 0) is 16.1 Å². The van der Waals surface area contributed by atoms with Crippen molar-refractivity contribution in [3.05, 3.63) is 33.9 Å². The fourth-order valence-electron chi connectivity index (χ4n) is 1.96. The van der Waals surface area contributed by atoms with Crippen molar-refractivity contribution in [2.45, 2.75) is 6.54 Å². The van der Waals surface area contributed by atoms with Crippen molar-refractivity contribution < 1.29 is 14.5 Å². The number of nitro groups is 1. The molecule has 1 aromatic carbocycles. The number of hydrogen-bond donors (Lipinski definition) is 1. The van der Waals surface area contributed by atoms with Crippen LogP contribution in [0.25, 0.3) is 0 Å². The quantitative estimate of drug-likeness (QED) is 0.474. The Bertz CT molecular complexity index is 587. The molecule has 1 aliphatic heterocycles. The fraction of sp³-hybridized carbons (Fsp3) is 0.333. The van der Waals surface area contributed by atoms with Crippen LogP contribution in [0.1, 0.15) is 5.56 Å².